The van der Waals surface area contributed by atoms with Crippen LogP contribution >= 0.6 is 0 Å². The van der Waals surface area contributed by atoms with Crippen molar-refractivity contribution in [3.8, 4) is 0 Å². The molecule has 0 unspecified atom stereocenters. The molecule has 0 saturated heterocycles. The molecule has 2 aromatic rings. The molecule has 0 spiro atoms. The Hall–Kier alpha value is -2.18. The molecule has 1 aliphatic carbocycles. The number of hydrogen-bond donors (Lipinski definition) is 0. The van der Waals surface area contributed by atoms with Crippen LogP contribution in [0, 0.1) is 0 Å². The molecule has 23 heavy (non-hydrogen) atoms. The highest BCUT2D eigenvalue weighted by Gasteiger charge is 2.21. The maximum atomic E-state index is 12.4. The zero-order valence-corrected chi connectivity index (χ0v) is 13.7. The predicted octanol–water partition coefficient (Wildman–Crippen LogP) is 1.31. The van der Waals surface area contributed by atoms with E-state index in [-0.39, 0.29) is 11.5 Å². The first-order valence-electron chi connectivity index (χ1n) is 8.20. The van der Waals surface area contributed by atoms with Crippen LogP contribution in [0.1, 0.15) is 38.5 Å². The van der Waals surface area contributed by atoms with Gasteiger partial charge in [0.25, 0.3) is 5.56 Å². The maximum Gasteiger partial charge on any atom is 0.264 e. The molecule has 7 heteroatoms. The standard InChI is InChI=1S/C16H23N5O2/c1-19(12-6-4-3-5-7-12)14(22)8-9-21-11-17-15-13(16(21)23)10-18-20(15)2/h10-12H,3-9H2,1-2H3. The molecule has 1 amide bonds. The lowest BCUT2D eigenvalue weighted by Gasteiger charge is -2.31. The van der Waals surface area contributed by atoms with Crippen LogP contribution in [0.15, 0.2) is 17.3 Å². The van der Waals surface area contributed by atoms with Gasteiger partial charge in [0, 0.05) is 33.1 Å². The van der Waals surface area contributed by atoms with Crippen molar-refractivity contribution in [2.45, 2.75) is 51.1 Å². The lowest BCUT2D eigenvalue weighted by Crippen LogP contribution is -2.39. The van der Waals surface area contributed by atoms with E-state index in [2.05, 4.69) is 10.1 Å². The van der Waals surface area contributed by atoms with Crippen LogP contribution in [0.25, 0.3) is 11.0 Å². The number of carbonyl (C=O) groups excluding carboxylic acids is 1. The van der Waals surface area contributed by atoms with Gasteiger partial charge in [-0.25, -0.2) is 4.98 Å². The van der Waals surface area contributed by atoms with Gasteiger partial charge in [-0.3, -0.25) is 18.8 Å². The first-order chi connectivity index (χ1) is 11.1. The fraction of sp³-hybridized carbons (Fsp3) is 0.625. The molecule has 0 radical (unpaired) electrons. The van der Waals surface area contributed by atoms with E-state index in [4.69, 9.17) is 0 Å². The minimum atomic E-state index is -0.142. The number of aryl methyl sites for hydroxylation is 2. The summed E-state index contributed by atoms with van der Waals surface area (Å²) >= 11 is 0. The zero-order valence-electron chi connectivity index (χ0n) is 13.7. The molecule has 0 aromatic carbocycles. The number of nitrogens with zero attached hydrogens (tertiary/aromatic N) is 5. The van der Waals surface area contributed by atoms with E-state index in [9.17, 15) is 9.59 Å². The van der Waals surface area contributed by atoms with Gasteiger partial charge >= 0.3 is 0 Å². The quantitative estimate of drug-likeness (QED) is 0.852. The number of carbonyl (C=O) groups is 1. The lowest BCUT2D eigenvalue weighted by atomic mass is 9.94. The van der Waals surface area contributed by atoms with Crippen molar-refractivity contribution in [2.75, 3.05) is 7.05 Å². The van der Waals surface area contributed by atoms with Crippen LogP contribution < -0.4 is 5.56 Å². The molecular formula is C16H23N5O2. The maximum absolute atomic E-state index is 12.4. The Kier molecular flexibility index (Phi) is 4.45. The zero-order chi connectivity index (χ0) is 16.4. The molecule has 7 nitrogen and oxygen atoms in total. The first kappa shape index (κ1) is 15.7. The molecule has 124 valence electrons. The fourth-order valence-corrected chi connectivity index (χ4v) is 3.29. The Morgan fingerprint density at radius 1 is 1.35 bits per heavy atom. The summed E-state index contributed by atoms with van der Waals surface area (Å²) in [4.78, 5) is 30.9. The van der Waals surface area contributed by atoms with Crippen molar-refractivity contribution in [3.63, 3.8) is 0 Å². The molecule has 0 bridgehead atoms. The summed E-state index contributed by atoms with van der Waals surface area (Å²) in [5.74, 6) is 0.0927. The second-order valence-electron chi connectivity index (χ2n) is 6.30. The van der Waals surface area contributed by atoms with Gasteiger partial charge in [0.15, 0.2) is 5.65 Å². The molecule has 1 aliphatic rings. The van der Waals surface area contributed by atoms with Gasteiger partial charge in [0.05, 0.1) is 12.5 Å². The van der Waals surface area contributed by atoms with E-state index in [0.29, 0.717) is 30.0 Å². The third kappa shape index (κ3) is 3.13. The molecule has 1 saturated carbocycles. The summed E-state index contributed by atoms with van der Waals surface area (Å²) in [6.45, 7) is 0.354. The van der Waals surface area contributed by atoms with Crippen LogP contribution in [0.3, 0.4) is 0 Å². The Morgan fingerprint density at radius 3 is 2.83 bits per heavy atom. The number of aromatic nitrogens is 4. The van der Waals surface area contributed by atoms with E-state index in [0.717, 1.165) is 12.8 Å². The van der Waals surface area contributed by atoms with Gasteiger partial charge in [-0.1, -0.05) is 19.3 Å². The van der Waals surface area contributed by atoms with Crippen molar-refractivity contribution in [3.05, 3.63) is 22.9 Å². The number of fused-ring (bicyclic) bond motifs is 1. The number of rotatable bonds is 4. The van der Waals surface area contributed by atoms with Crippen molar-refractivity contribution < 1.29 is 4.79 Å². The summed E-state index contributed by atoms with van der Waals surface area (Å²) < 4.78 is 3.07. The second-order valence-corrected chi connectivity index (χ2v) is 6.30. The van der Waals surface area contributed by atoms with E-state index >= 15 is 0 Å². The molecule has 2 aromatic heterocycles. The van der Waals surface area contributed by atoms with Gasteiger partial charge in [-0.15, -0.1) is 0 Å². The van der Waals surface area contributed by atoms with Crippen LogP contribution in [0.2, 0.25) is 0 Å². The largest absolute Gasteiger partial charge is 0.343 e. The summed E-state index contributed by atoms with van der Waals surface area (Å²) in [7, 11) is 3.63. The second kappa shape index (κ2) is 6.52. The summed E-state index contributed by atoms with van der Waals surface area (Å²) in [5, 5.41) is 4.54. The molecule has 0 N–H and O–H groups in total. The average molecular weight is 317 g/mol. The van der Waals surface area contributed by atoms with E-state index in [1.807, 2.05) is 11.9 Å². The van der Waals surface area contributed by atoms with Gasteiger partial charge in [0.2, 0.25) is 5.91 Å². The number of amides is 1. The predicted molar refractivity (Wildman–Crippen MR) is 87.0 cm³/mol. The van der Waals surface area contributed by atoms with E-state index in [1.54, 1.807) is 11.7 Å². The highest BCUT2D eigenvalue weighted by Crippen LogP contribution is 2.22. The average Bonchev–Trinajstić information content (AvgIpc) is 2.96. The SMILES string of the molecule is CN(C(=O)CCn1cnc2c(cnn2C)c1=O)C1CCCCC1. The molecule has 0 atom stereocenters. The minimum Gasteiger partial charge on any atom is -0.343 e. The highest BCUT2D eigenvalue weighted by atomic mass is 16.2. The van der Waals surface area contributed by atoms with Crippen molar-refractivity contribution in [1.82, 2.24) is 24.2 Å². The lowest BCUT2D eigenvalue weighted by molar-refractivity contribution is -0.132. The Labute approximate surface area is 134 Å². The normalized spacial score (nSPS) is 15.9. The highest BCUT2D eigenvalue weighted by molar-refractivity contribution is 5.76. The van der Waals surface area contributed by atoms with Gasteiger partial charge in [0.1, 0.15) is 5.39 Å². The van der Waals surface area contributed by atoms with Gasteiger partial charge < -0.3 is 4.90 Å². The minimum absolute atomic E-state index is 0.0927. The molecule has 1 fully saturated rings. The van der Waals surface area contributed by atoms with Crippen molar-refractivity contribution >= 4 is 16.9 Å². The molecule has 2 heterocycles. The number of hydrogen-bond acceptors (Lipinski definition) is 4. The van der Waals surface area contributed by atoms with E-state index in [1.165, 1.54) is 36.4 Å². The van der Waals surface area contributed by atoms with E-state index < -0.39 is 0 Å². The Morgan fingerprint density at radius 2 is 2.09 bits per heavy atom. The molecule has 0 aliphatic heterocycles. The smallest absolute Gasteiger partial charge is 0.264 e. The van der Waals surface area contributed by atoms with Crippen LogP contribution in [0.5, 0.6) is 0 Å². The Balaban J connectivity index is 1.67. The summed E-state index contributed by atoms with van der Waals surface area (Å²) in [5.41, 5.74) is 0.424. The fourth-order valence-electron chi connectivity index (χ4n) is 3.29. The van der Waals surface area contributed by atoms with Gasteiger partial charge in [-0.2, -0.15) is 5.10 Å². The monoisotopic (exact) mass is 317 g/mol. The van der Waals surface area contributed by atoms with Crippen LogP contribution in [0.4, 0.5) is 0 Å². The van der Waals surface area contributed by atoms with Crippen molar-refractivity contribution in [1.29, 1.82) is 0 Å². The van der Waals surface area contributed by atoms with Crippen molar-refractivity contribution in [2.24, 2.45) is 7.05 Å². The van der Waals surface area contributed by atoms with Gasteiger partial charge in [-0.05, 0) is 12.8 Å². The first-order valence-corrected chi connectivity index (χ1v) is 8.20. The topological polar surface area (TPSA) is 73.0 Å². The third-order valence-corrected chi connectivity index (χ3v) is 4.80. The van der Waals surface area contributed by atoms with Crippen LogP contribution in [-0.4, -0.2) is 43.2 Å². The van der Waals surface area contributed by atoms with Crippen LogP contribution in [-0.2, 0) is 18.4 Å². The third-order valence-electron chi connectivity index (χ3n) is 4.80. The Bertz CT molecular complexity index is 757. The molecule has 3 rings (SSSR count). The summed E-state index contributed by atoms with van der Waals surface area (Å²) in [6, 6.07) is 0.354. The summed E-state index contributed by atoms with van der Waals surface area (Å²) in [6.07, 6.45) is 9.19. The molecular weight excluding hydrogens is 294 g/mol.